The van der Waals surface area contributed by atoms with Gasteiger partial charge in [-0.3, -0.25) is 11.3 Å². The van der Waals surface area contributed by atoms with Crippen molar-refractivity contribution >= 4 is 34.2 Å². The van der Waals surface area contributed by atoms with Crippen molar-refractivity contribution in [2.75, 3.05) is 13.7 Å². The van der Waals surface area contributed by atoms with Crippen LogP contribution in [0.5, 0.6) is 0 Å². The van der Waals surface area contributed by atoms with E-state index in [-0.39, 0.29) is 6.04 Å². The molecule has 0 amide bonds. The van der Waals surface area contributed by atoms with Crippen molar-refractivity contribution in [3.8, 4) is 0 Å². The number of halogens is 2. The molecule has 0 aliphatic heterocycles. The molecule has 5 heteroatoms. The highest BCUT2D eigenvalue weighted by Crippen LogP contribution is 2.25. The molecule has 0 saturated heterocycles. The van der Waals surface area contributed by atoms with Gasteiger partial charge in [0.1, 0.15) is 0 Å². The van der Waals surface area contributed by atoms with Gasteiger partial charge in [0.2, 0.25) is 0 Å². The molecule has 0 heterocycles. The zero-order valence-electron chi connectivity index (χ0n) is 9.17. The molecule has 0 saturated carbocycles. The maximum atomic E-state index is 6.08. The highest BCUT2D eigenvalue weighted by Gasteiger charge is 2.10. The van der Waals surface area contributed by atoms with Crippen molar-refractivity contribution in [2.24, 2.45) is 5.84 Å². The van der Waals surface area contributed by atoms with Crippen LogP contribution in [0.3, 0.4) is 0 Å². The fourth-order valence-electron chi connectivity index (χ4n) is 1.51. The molecule has 1 unspecified atom stereocenters. The van der Waals surface area contributed by atoms with Crippen LogP contribution in [0.1, 0.15) is 24.4 Å². The van der Waals surface area contributed by atoms with Crippen LogP contribution >= 0.6 is 34.2 Å². The Labute approximate surface area is 115 Å². The summed E-state index contributed by atoms with van der Waals surface area (Å²) in [6.45, 7) is 0.746. The molecule has 1 atom stereocenters. The lowest BCUT2D eigenvalue weighted by Crippen LogP contribution is -2.28. The normalized spacial score (nSPS) is 12.8. The van der Waals surface area contributed by atoms with Gasteiger partial charge in [-0.25, -0.2) is 0 Å². The first kappa shape index (κ1) is 14.2. The molecule has 3 nitrogen and oxygen atoms in total. The zero-order valence-corrected chi connectivity index (χ0v) is 12.1. The summed E-state index contributed by atoms with van der Waals surface area (Å²) in [6.07, 6.45) is 1.90. The monoisotopic (exact) mass is 354 g/mol. The number of rotatable bonds is 6. The fourth-order valence-corrected chi connectivity index (χ4v) is 2.03. The van der Waals surface area contributed by atoms with Crippen molar-refractivity contribution in [2.45, 2.75) is 18.9 Å². The van der Waals surface area contributed by atoms with E-state index in [1.807, 2.05) is 18.2 Å². The van der Waals surface area contributed by atoms with Gasteiger partial charge in [-0.15, -0.1) is 0 Å². The summed E-state index contributed by atoms with van der Waals surface area (Å²) in [7, 11) is 1.70. The smallest absolute Gasteiger partial charge is 0.0542 e. The lowest BCUT2D eigenvalue weighted by molar-refractivity contribution is 0.189. The Bertz CT molecular complexity index is 336. The van der Waals surface area contributed by atoms with Gasteiger partial charge in [0.25, 0.3) is 0 Å². The largest absolute Gasteiger partial charge is 0.385 e. The van der Waals surface area contributed by atoms with Gasteiger partial charge >= 0.3 is 0 Å². The van der Waals surface area contributed by atoms with E-state index in [1.165, 1.54) is 0 Å². The molecule has 0 bridgehead atoms. The van der Waals surface area contributed by atoms with Crippen molar-refractivity contribution in [1.29, 1.82) is 0 Å². The first-order valence-corrected chi connectivity index (χ1v) is 6.54. The van der Waals surface area contributed by atoms with Gasteiger partial charge in [-0.1, -0.05) is 17.7 Å². The molecule has 0 aliphatic rings. The molecule has 0 aliphatic carbocycles. The number of benzene rings is 1. The molecular formula is C11H16ClIN2O. The van der Waals surface area contributed by atoms with E-state index < -0.39 is 0 Å². The minimum Gasteiger partial charge on any atom is -0.385 e. The Balaban J connectivity index is 2.67. The van der Waals surface area contributed by atoms with E-state index in [0.717, 1.165) is 33.6 Å². The Kier molecular flexibility index (Phi) is 6.60. The Morgan fingerprint density at radius 2 is 2.31 bits per heavy atom. The van der Waals surface area contributed by atoms with E-state index in [2.05, 4.69) is 28.0 Å². The molecule has 0 spiro atoms. The van der Waals surface area contributed by atoms with Crippen LogP contribution < -0.4 is 11.3 Å². The zero-order chi connectivity index (χ0) is 12.0. The molecule has 0 fully saturated rings. The van der Waals surface area contributed by atoms with Crippen LogP contribution in [0.4, 0.5) is 0 Å². The van der Waals surface area contributed by atoms with Crippen molar-refractivity contribution < 1.29 is 4.74 Å². The van der Waals surface area contributed by atoms with Crippen LogP contribution in [-0.2, 0) is 4.74 Å². The Hall–Kier alpha value is 0.120. The second-order valence-corrected chi connectivity index (χ2v) is 5.10. The summed E-state index contributed by atoms with van der Waals surface area (Å²) in [5.41, 5.74) is 3.92. The Morgan fingerprint density at radius 3 is 2.88 bits per heavy atom. The maximum absolute atomic E-state index is 6.08. The van der Waals surface area contributed by atoms with Gasteiger partial charge < -0.3 is 4.74 Å². The third-order valence-corrected chi connectivity index (χ3v) is 3.96. The van der Waals surface area contributed by atoms with Crippen molar-refractivity contribution in [3.63, 3.8) is 0 Å². The molecule has 0 aromatic heterocycles. The second-order valence-electron chi connectivity index (χ2n) is 3.53. The molecule has 1 aromatic carbocycles. The number of hydrogen-bond donors (Lipinski definition) is 2. The quantitative estimate of drug-likeness (QED) is 0.357. The third kappa shape index (κ3) is 4.18. The number of methoxy groups -OCH3 is 1. The minimum atomic E-state index is 0.129. The standard InChI is InChI=1S/C11H16ClIN2O/c1-16-6-2-3-11(15-14)8-4-5-10(13)9(12)7-8/h4-5,7,11,15H,2-3,6,14H2,1H3. The summed E-state index contributed by atoms with van der Waals surface area (Å²) < 4.78 is 6.07. The number of hydrogen-bond acceptors (Lipinski definition) is 3. The highest BCUT2D eigenvalue weighted by molar-refractivity contribution is 14.1. The number of nitrogens with two attached hydrogens (primary N) is 1. The fraction of sp³-hybridized carbons (Fsp3) is 0.455. The predicted molar refractivity (Wildman–Crippen MR) is 75.3 cm³/mol. The van der Waals surface area contributed by atoms with Crippen LogP contribution in [0, 0.1) is 3.57 Å². The van der Waals surface area contributed by atoms with Gasteiger partial charge in [0, 0.05) is 23.3 Å². The van der Waals surface area contributed by atoms with Crippen LogP contribution in [0.15, 0.2) is 18.2 Å². The second kappa shape index (κ2) is 7.45. The molecule has 1 aromatic rings. The predicted octanol–water partition coefficient (Wildman–Crippen LogP) is 2.88. The lowest BCUT2D eigenvalue weighted by Gasteiger charge is -2.16. The average molecular weight is 355 g/mol. The number of ether oxygens (including phenoxy) is 1. The molecular weight excluding hydrogens is 338 g/mol. The van der Waals surface area contributed by atoms with Crippen molar-refractivity contribution in [1.82, 2.24) is 5.43 Å². The van der Waals surface area contributed by atoms with Crippen molar-refractivity contribution in [3.05, 3.63) is 32.4 Å². The van der Waals surface area contributed by atoms with E-state index in [4.69, 9.17) is 22.2 Å². The third-order valence-electron chi connectivity index (χ3n) is 2.39. The van der Waals surface area contributed by atoms with Gasteiger partial charge in [0.15, 0.2) is 0 Å². The van der Waals surface area contributed by atoms with E-state index in [0.29, 0.717) is 0 Å². The average Bonchev–Trinajstić information content (AvgIpc) is 2.29. The van der Waals surface area contributed by atoms with Crippen LogP contribution in [-0.4, -0.2) is 13.7 Å². The lowest BCUT2D eigenvalue weighted by atomic mass is 10.0. The molecule has 16 heavy (non-hydrogen) atoms. The first-order chi connectivity index (χ1) is 7.69. The SMILES string of the molecule is COCCCC(NN)c1ccc(I)c(Cl)c1. The summed E-state index contributed by atoms with van der Waals surface area (Å²) >= 11 is 8.28. The van der Waals surface area contributed by atoms with E-state index in [1.54, 1.807) is 7.11 Å². The maximum Gasteiger partial charge on any atom is 0.0542 e. The van der Waals surface area contributed by atoms with E-state index in [9.17, 15) is 0 Å². The summed E-state index contributed by atoms with van der Waals surface area (Å²) in [5, 5.41) is 0.769. The van der Waals surface area contributed by atoms with Gasteiger partial charge in [-0.05, 0) is 53.1 Å². The van der Waals surface area contributed by atoms with Gasteiger partial charge in [-0.2, -0.15) is 0 Å². The van der Waals surface area contributed by atoms with Gasteiger partial charge in [0.05, 0.1) is 5.02 Å². The van der Waals surface area contributed by atoms with Crippen LogP contribution in [0.2, 0.25) is 5.02 Å². The molecule has 3 N–H and O–H groups in total. The highest BCUT2D eigenvalue weighted by atomic mass is 127. The summed E-state index contributed by atoms with van der Waals surface area (Å²) in [6, 6.07) is 6.13. The topological polar surface area (TPSA) is 47.3 Å². The van der Waals surface area contributed by atoms with Crippen LogP contribution in [0.25, 0.3) is 0 Å². The molecule has 0 radical (unpaired) electrons. The van der Waals surface area contributed by atoms with E-state index >= 15 is 0 Å². The summed E-state index contributed by atoms with van der Waals surface area (Å²) in [5.74, 6) is 5.54. The summed E-state index contributed by atoms with van der Waals surface area (Å²) in [4.78, 5) is 0. The number of nitrogens with one attached hydrogen (secondary N) is 1. The first-order valence-electron chi connectivity index (χ1n) is 5.09. The minimum absolute atomic E-state index is 0.129. The number of hydrazine groups is 1. The molecule has 1 rings (SSSR count). The molecule has 90 valence electrons. The Morgan fingerprint density at radius 1 is 1.56 bits per heavy atom.